The summed E-state index contributed by atoms with van der Waals surface area (Å²) in [7, 11) is -0.947. The predicted octanol–water partition coefficient (Wildman–Crippen LogP) is 1.12. The number of methoxy groups -OCH3 is 2. The van der Waals surface area contributed by atoms with E-state index >= 15 is 0 Å². The van der Waals surface area contributed by atoms with Gasteiger partial charge >= 0.3 is 11.9 Å². The highest BCUT2D eigenvalue weighted by atomic mass is 32.2. The summed E-state index contributed by atoms with van der Waals surface area (Å²) < 4.78 is 37.2. The average Bonchev–Trinajstić information content (AvgIpc) is 2.44. The van der Waals surface area contributed by atoms with Gasteiger partial charge in [-0.2, -0.15) is 8.42 Å². The lowest BCUT2D eigenvalue weighted by atomic mass is 9.68. The fourth-order valence-electron chi connectivity index (χ4n) is 3.10. The first-order valence-electron chi connectivity index (χ1n) is 7.19. The third-order valence-corrected chi connectivity index (χ3v) is 4.87. The van der Waals surface area contributed by atoms with Gasteiger partial charge in [-0.05, 0) is 30.6 Å². The van der Waals surface area contributed by atoms with Crippen LogP contribution in [0.4, 0.5) is 0 Å². The molecule has 0 aromatic rings. The van der Waals surface area contributed by atoms with E-state index in [0.29, 0.717) is 12.8 Å². The van der Waals surface area contributed by atoms with E-state index in [4.69, 9.17) is 13.7 Å². The molecule has 0 spiro atoms. The molecular formula is C14H24O7S. The zero-order valence-electron chi connectivity index (χ0n) is 13.4. The maximum Gasteiger partial charge on any atom is 0.305 e. The second-order valence-corrected chi connectivity index (χ2v) is 7.36. The zero-order valence-corrected chi connectivity index (χ0v) is 14.2. The molecule has 128 valence electrons. The van der Waals surface area contributed by atoms with Crippen molar-refractivity contribution in [3.05, 3.63) is 0 Å². The lowest BCUT2D eigenvalue weighted by molar-refractivity contribution is -0.147. The van der Waals surface area contributed by atoms with E-state index in [1.54, 1.807) is 0 Å². The maximum absolute atomic E-state index is 11.6. The van der Waals surface area contributed by atoms with E-state index < -0.39 is 16.2 Å². The summed E-state index contributed by atoms with van der Waals surface area (Å²) in [6.07, 6.45) is 1.97. The number of esters is 2. The van der Waals surface area contributed by atoms with E-state index in [0.717, 1.165) is 6.26 Å². The van der Waals surface area contributed by atoms with Gasteiger partial charge in [-0.15, -0.1) is 0 Å². The van der Waals surface area contributed by atoms with Gasteiger partial charge in [0.05, 0.1) is 26.6 Å². The lowest BCUT2D eigenvalue weighted by Crippen LogP contribution is -2.40. The Morgan fingerprint density at radius 3 is 2.09 bits per heavy atom. The number of carbonyl (C=O) groups excluding carboxylic acids is 2. The van der Waals surface area contributed by atoms with Gasteiger partial charge in [0.15, 0.2) is 0 Å². The molecule has 1 fully saturated rings. The molecule has 0 heterocycles. The smallest absolute Gasteiger partial charge is 0.305 e. The first-order valence-corrected chi connectivity index (χ1v) is 9.01. The molecule has 0 aromatic heterocycles. The van der Waals surface area contributed by atoms with Crippen LogP contribution in [0.3, 0.4) is 0 Å². The number of hydrogen-bond acceptors (Lipinski definition) is 7. The number of hydrogen-bond donors (Lipinski definition) is 0. The molecule has 1 aliphatic carbocycles. The van der Waals surface area contributed by atoms with Crippen molar-refractivity contribution < 1.29 is 31.7 Å². The molecule has 1 saturated carbocycles. The standard InChI is InChI=1S/C14H24O7S/c1-9-11(8-14(16)20-3)10(7-13(15)19-2)5-6-12(9)21-22(4,17)18/h9-12H,5-8H2,1-4H3/t9-,10+,11+,12+/m1/s1. The highest BCUT2D eigenvalue weighted by Crippen LogP contribution is 2.41. The van der Waals surface area contributed by atoms with Crippen LogP contribution in [0.25, 0.3) is 0 Å². The molecular weight excluding hydrogens is 312 g/mol. The molecule has 0 aliphatic heterocycles. The second kappa shape index (κ2) is 7.92. The third-order valence-electron chi connectivity index (χ3n) is 4.27. The van der Waals surface area contributed by atoms with E-state index in [1.165, 1.54) is 14.2 Å². The number of carbonyl (C=O) groups is 2. The topological polar surface area (TPSA) is 96.0 Å². The van der Waals surface area contributed by atoms with Gasteiger partial charge < -0.3 is 9.47 Å². The van der Waals surface area contributed by atoms with Crippen LogP contribution in [-0.2, 0) is 33.4 Å². The summed E-state index contributed by atoms with van der Waals surface area (Å²) in [6, 6.07) is 0. The van der Waals surface area contributed by atoms with Crippen LogP contribution in [0, 0.1) is 17.8 Å². The summed E-state index contributed by atoms with van der Waals surface area (Å²) in [6.45, 7) is 1.84. The van der Waals surface area contributed by atoms with Gasteiger partial charge in [-0.1, -0.05) is 6.92 Å². The Bertz CT molecular complexity index is 499. The summed E-state index contributed by atoms with van der Waals surface area (Å²) in [5, 5.41) is 0. The van der Waals surface area contributed by atoms with E-state index in [9.17, 15) is 18.0 Å². The van der Waals surface area contributed by atoms with Crippen molar-refractivity contribution in [2.24, 2.45) is 17.8 Å². The van der Waals surface area contributed by atoms with Crippen LogP contribution in [0.2, 0.25) is 0 Å². The Morgan fingerprint density at radius 2 is 1.59 bits per heavy atom. The Hall–Kier alpha value is -1.15. The lowest BCUT2D eigenvalue weighted by Gasteiger charge is -2.40. The van der Waals surface area contributed by atoms with E-state index in [-0.39, 0.29) is 42.5 Å². The zero-order chi connectivity index (χ0) is 16.9. The Labute approximate surface area is 131 Å². The van der Waals surface area contributed by atoms with Crippen molar-refractivity contribution in [1.29, 1.82) is 0 Å². The van der Waals surface area contributed by atoms with Crippen LogP contribution in [0.5, 0.6) is 0 Å². The Morgan fingerprint density at radius 1 is 1.05 bits per heavy atom. The molecule has 22 heavy (non-hydrogen) atoms. The van der Waals surface area contributed by atoms with Gasteiger partial charge in [0.2, 0.25) is 0 Å². The molecule has 0 unspecified atom stereocenters. The van der Waals surface area contributed by atoms with Gasteiger partial charge in [0.25, 0.3) is 10.1 Å². The molecule has 7 nitrogen and oxygen atoms in total. The summed E-state index contributed by atoms with van der Waals surface area (Å²) in [5.74, 6) is -1.15. The van der Waals surface area contributed by atoms with Crippen LogP contribution >= 0.6 is 0 Å². The minimum atomic E-state index is -3.57. The van der Waals surface area contributed by atoms with Gasteiger partial charge in [0.1, 0.15) is 0 Å². The number of rotatable bonds is 6. The highest BCUT2D eigenvalue weighted by Gasteiger charge is 2.40. The molecule has 0 saturated heterocycles. The summed E-state index contributed by atoms with van der Waals surface area (Å²) in [5.41, 5.74) is 0. The van der Waals surface area contributed by atoms with Crippen LogP contribution < -0.4 is 0 Å². The molecule has 0 radical (unpaired) electrons. The normalized spacial score (nSPS) is 28.9. The predicted molar refractivity (Wildman–Crippen MR) is 78.4 cm³/mol. The molecule has 0 aromatic carbocycles. The Kier molecular flexibility index (Phi) is 6.80. The van der Waals surface area contributed by atoms with E-state index in [2.05, 4.69) is 0 Å². The quantitative estimate of drug-likeness (QED) is 0.529. The molecule has 0 N–H and O–H groups in total. The van der Waals surface area contributed by atoms with Crippen LogP contribution in [0.15, 0.2) is 0 Å². The second-order valence-electron chi connectivity index (χ2n) is 5.76. The molecule has 8 heteroatoms. The van der Waals surface area contributed by atoms with Crippen molar-refractivity contribution >= 4 is 22.1 Å². The first kappa shape index (κ1) is 18.9. The van der Waals surface area contributed by atoms with Crippen LogP contribution in [-0.4, -0.2) is 46.9 Å². The van der Waals surface area contributed by atoms with Gasteiger partial charge in [-0.3, -0.25) is 13.8 Å². The van der Waals surface area contributed by atoms with Crippen LogP contribution in [0.1, 0.15) is 32.6 Å². The highest BCUT2D eigenvalue weighted by molar-refractivity contribution is 7.86. The first-order chi connectivity index (χ1) is 10.2. The van der Waals surface area contributed by atoms with Crippen molar-refractivity contribution in [3.8, 4) is 0 Å². The summed E-state index contributed by atoms with van der Waals surface area (Å²) in [4.78, 5) is 23.2. The third kappa shape index (κ3) is 5.57. The fraction of sp³-hybridized carbons (Fsp3) is 0.857. The SMILES string of the molecule is COC(=O)C[C@@H]1CC[C@H](OS(C)(=O)=O)[C@H](C)[C@@H]1CC(=O)OC. The number of ether oxygens (including phenoxy) is 2. The van der Waals surface area contributed by atoms with E-state index in [1.807, 2.05) is 6.92 Å². The van der Waals surface area contributed by atoms with Crippen molar-refractivity contribution in [2.75, 3.05) is 20.5 Å². The minimum Gasteiger partial charge on any atom is -0.469 e. The molecule has 0 bridgehead atoms. The van der Waals surface area contributed by atoms with Crippen molar-refractivity contribution in [2.45, 2.75) is 38.7 Å². The monoisotopic (exact) mass is 336 g/mol. The average molecular weight is 336 g/mol. The minimum absolute atomic E-state index is 0.0547. The molecule has 0 amide bonds. The Balaban J connectivity index is 2.88. The van der Waals surface area contributed by atoms with Crippen molar-refractivity contribution in [3.63, 3.8) is 0 Å². The maximum atomic E-state index is 11.6. The summed E-state index contributed by atoms with van der Waals surface area (Å²) >= 11 is 0. The fourth-order valence-corrected chi connectivity index (χ4v) is 3.82. The molecule has 1 aliphatic rings. The van der Waals surface area contributed by atoms with Gasteiger partial charge in [0, 0.05) is 12.8 Å². The molecule has 4 atom stereocenters. The molecule has 1 rings (SSSR count). The van der Waals surface area contributed by atoms with Crippen molar-refractivity contribution in [1.82, 2.24) is 0 Å². The largest absolute Gasteiger partial charge is 0.469 e. The van der Waals surface area contributed by atoms with Gasteiger partial charge in [-0.25, -0.2) is 0 Å².